The standard InChI is InChI=1S/C18H13NO3S/c1-21-15-10-12(6-7-14(15)22-9-8-19)11-17-18(20)13-4-2-3-5-16(13)23-17/h2-7,10-11H,9H2,1H3. The molecule has 0 saturated heterocycles. The summed E-state index contributed by atoms with van der Waals surface area (Å²) in [4.78, 5) is 14.0. The Bertz CT molecular complexity index is 836. The number of carbonyl (C=O) groups is 1. The van der Waals surface area contributed by atoms with Crippen LogP contribution in [0.2, 0.25) is 0 Å². The Hall–Kier alpha value is -2.71. The van der Waals surface area contributed by atoms with Gasteiger partial charge in [0.15, 0.2) is 18.1 Å². The number of allylic oxidation sites excluding steroid dienone is 1. The molecule has 4 nitrogen and oxygen atoms in total. The third kappa shape index (κ3) is 3.08. The van der Waals surface area contributed by atoms with Gasteiger partial charge in [0.1, 0.15) is 6.07 Å². The molecule has 0 atom stereocenters. The summed E-state index contributed by atoms with van der Waals surface area (Å²) in [5.41, 5.74) is 1.58. The van der Waals surface area contributed by atoms with Crippen LogP contribution in [-0.4, -0.2) is 19.5 Å². The van der Waals surface area contributed by atoms with E-state index in [9.17, 15) is 4.79 Å². The molecule has 2 aromatic carbocycles. The van der Waals surface area contributed by atoms with E-state index in [1.165, 1.54) is 18.9 Å². The summed E-state index contributed by atoms with van der Waals surface area (Å²) in [5, 5.41) is 8.58. The quantitative estimate of drug-likeness (QED) is 0.798. The lowest BCUT2D eigenvalue weighted by molar-refractivity contribution is 0.104. The number of hydrogen-bond donors (Lipinski definition) is 0. The fourth-order valence-corrected chi connectivity index (χ4v) is 3.34. The second kappa shape index (κ2) is 6.59. The summed E-state index contributed by atoms with van der Waals surface area (Å²) in [6.45, 7) is -0.0412. The van der Waals surface area contributed by atoms with Gasteiger partial charge >= 0.3 is 0 Å². The molecule has 0 radical (unpaired) electrons. The highest BCUT2D eigenvalue weighted by Crippen LogP contribution is 2.41. The van der Waals surface area contributed by atoms with Gasteiger partial charge in [0.25, 0.3) is 0 Å². The van der Waals surface area contributed by atoms with Gasteiger partial charge in [0, 0.05) is 10.5 Å². The van der Waals surface area contributed by atoms with E-state index in [-0.39, 0.29) is 12.4 Å². The van der Waals surface area contributed by atoms with E-state index in [0.717, 1.165) is 16.0 Å². The molecule has 1 aliphatic heterocycles. The third-order valence-electron chi connectivity index (χ3n) is 3.35. The summed E-state index contributed by atoms with van der Waals surface area (Å²) >= 11 is 1.47. The van der Waals surface area contributed by atoms with Crippen LogP contribution in [0.1, 0.15) is 15.9 Å². The van der Waals surface area contributed by atoms with Gasteiger partial charge in [-0.05, 0) is 35.9 Å². The van der Waals surface area contributed by atoms with Crippen LogP contribution in [0.4, 0.5) is 0 Å². The van der Waals surface area contributed by atoms with Crippen molar-refractivity contribution in [2.45, 2.75) is 4.90 Å². The molecule has 3 rings (SSSR count). The molecule has 5 heteroatoms. The summed E-state index contributed by atoms with van der Waals surface area (Å²) in [6, 6.07) is 14.8. The average Bonchev–Trinajstić information content (AvgIpc) is 2.90. The molecular weight excluding hydrogens is 310 g/mol. The summed E-state index contributed by atoms with van der Waals surface area (Å²) < 4.78 is 10.6. The third-order valence-corrected chi connectivity index (χ3v) is 4.45. The number of hydrogen-bond acceptors (Lipinski definition) is 5. The van der Waals surface area contributed by atoms with E-state index in [1.807, 2.05) is 42.5 Å². The van der Waals surface area contributed by atoms with E-state index in [1.54, 1.807) is 12.1 Å². The van der Waals surface area contributed by atoms with Crippen molar-refractivity contribution < 1.29 is 14.3 Å². The molecule has 0 N–H and O–H groups in total. The van der Waals surface area contributed by atoms with Crippen LogP contribution >= 0.6 is 11.8 Å². The predicted octanol–water partition coefficient (Wildman–Crippen LogP) is 3.93. The van der Waals surface area contributed by atoms with Crippen molar-refractivity contribution in [2.75, 3.05) is 13.7 Å². The minimum absolute atomic E-state index is 0.0365. The zero-order valence-electron chi connectivity index (χ0n) is 12.4. The zero-order valence-corrected chi connectivity index (χ0v) is 13.2. The molecule has 0 spiro atoms. The lowest BCUT2D eigenvalue weighted by atomic mass is 10.1. The number of ketones is 1. The van der Waals surface area contributed by atoms with Gasteiger partial charge in [-0.15, -0.1) is 0 Å². The van der Waals surface area contributed by atoms with E-state index in [4.69, 9.17) is 14.7 Å². The topological polar surface area (TPSA) is 59.3 Å². The maximum absolute atomic E-state index is 12.4. The van der Waals surface area contributed by atoms with Crippen molar-refractivity contribution >= 4 is 23.6 Å². The minimum Gasteiger partial charge on any atom is -0.493 e. The summed E-state index contributed by atoms with van der Waals surface area (Å²) in [6.07, 6.45) is 1.84. The Kier molecular flexibility index (Phi) is 4.35. The van der Waals surface area contributed by atoms with Crippen molar-refractivity contribution in [1.29, 1.82) is 5.26 Å². The first-order chi connectivity index (χ1) is 11.2. The molecule has 0 unspecified atom stereocenters. The van der Waals surface area contributed by atoms with Gasteiger partial charge in [-0.25, -0.2) is 0 Å². The molecular formula is C18H13NO3S. The van der Waals surface area contributed by atoms with Gasteiger partial charge < -0.3 is 9.47 Å². The van der Waals surface area contributed by atoms with Crippen molar-refractivity contribution in [1.82, 2.24) is 0 Å². The first kappa shape index (κ1) is 15.2. The van der Waals surface area contributed by atoms with Gasteiger partial charge in [0.2, 0.25) is 5.78 Å². The Morgan fingerprint density at radius 1 is 1.22 bits per heavy atom. The predicted molar refractivity (Wildman–Crippen MR) is 88.7 cm³/mol. The molecule has 1 heterocycles. The maximum Gasteiger partial charge on any atom is 0.200 e. The molecule has 0 bridgehead atoms. The van der Waals surface area contributed by atoms with E-state index >= 15 is 0 Å². The van der Waals surface area contributed by atoms with Crippen molar-refractivity contribution in [3.05, 3.63) is 58.5 Å². The van der Waals surface area contributed by atoms with Gasteiger partial charge in [-0.1, -0.05) is 30.0 Å². The largest absolute Gasteiger partial charge is 0.493 e. The fourth-order valence-electron chi connectivity index (χ4n) is 2.29. The minimum atomic E-state index is -0.0412. The number of thioether (sulfide) groups is 1. The van der Waals surface area contributed by atoms with Crippen molar-refractivity contribution in [2.24, 2.45) is 0 Å². The lowest BCUT2D eigenvalue weighted by Crippen LogP contribution is -1.97. The highest BCUT2D eigenvalue weighted by Gasteiger charge is 2.25. The summed E-state index contributed by atoms with van der Waals surface area (Å²) in [7, 11) is 1.54. The molecule has 0 fully saturated rings. The lowest BCUT2D eigenvalue weighted by Gasteiger charge is -2.09. The number of fused-ring (bicyclic) bond motifs is 1. The zero-order chi connectivity index (χ0) is 16.2. The second-order valence-electron chi connectivity index (χ2n) is 4.79. The van der Waals surface area contributed by atoms with Crippen LogP contribution in [0.25, 0.3) is 6.08 Å². The number of ether oxygens (including phenoxy) is 2. The number of nitriles is 1. The number of rotatable bonds is 4. The summed E-state index contributed by atoms with van der Waals surface area (Å²) in [5.74, 6) is 1.07. The molecule has 0 saturated carbocycles. The molecule has 2 aromatic rings. The number of benzene rings is 2. The number of methoxy groups -OCH3 is 1. The van der Waals surface area contributed by atoms with E-state index in [2.05, 4.69) is 0 Å². The Morgan fingerprint density at radius 2 is 2.04 bits per heavy atom. The van der Waals surface area contributed by atoms with E-state index < -0.39 is 0 Å². The van der Waals surface area contributed by atoms with Gasteiger partial charge in [0.05, 0.1) is 12.0 Å². The highest BCUT2D eigenvalue weighted by atomic mass is 32.2. The Labute approximate surface area is 138 Å². The van der Waals surface area contributed by atoms with Crippen LogP contribution in [0, 0.1) is 11.3 Å². The molecule has 0 aliphatic carbocycles. The van der Waals surface area contributed by atoms with E-state index in [0.29, 0.717) is 16.4 Å². The average molecular weight is 323 g/mol. The molecule has 23 heavy (non-hydrogen) atoms. The van der Waals surface area contributed by atoms with Gasteiger partial charge in [-0.2, -0.15) is 5.26 Å². The Morgan fingerprint density at radius 3 is 2.78 bits per heavy atom. The molecule has 0 amide bonds. The SMILES string of the molecule is COc1cc(C=C2Sc3ccccc3C2=O)ccc1OCC#N. The maximum atomic E-state index is 12.4. The van der Waals surface area contributed by atoms with Crippen LogP contribution in [0.15, 0.2) is 52.3 Å². The molecule has 0 aromatic heterocycles. The number of nitrogens with zero attached hydrogens (tertiary/aromatic N) is 1. The van der Waals surface area contributed by atoms with Crippen molar-refractivity contribution in [3.63, 3.8) is 0 Å². The van der Waals surface area contributed by atoms with Crippen LogP contribution in [-0.2, 0) is 0 Å². The smallest absolute Gasteiger partial charge is 0.200 e. The van der Waals surface area contributed by atoms with Crippen LogP contribution in [0.3, 0.4) is 0 Å². The second-order valence-corrected chi connectivity index (χ2v) is 5.88. The van der Waals surface area contributed by atoms with Crippen LogP contribution < -0.4 is 9.47 Å². The first-order valence-corrected chi connectivity index (χ1v) is 7.75. The monoisotopic (exact) mass is 323 g/mol. The Balaban J connectivity index is 1.89. The first-order valence-electron chi connectivity index (χ1n) is 6.94. The highest BCUT2D eigenvalue weighted by molar-refractivity contribution is 8.04. The van der Waals surface area contributed by atoms with Crippen molar-refractivity contribution in [3.8, 4) is 17.6 Å². The molecule has 114 valence electrons. The molecule has 1 aliphatic rings. The van der Waals surface area contributed by atoms with Crippen LogP contribution in [0.5, 0.6) is 11.5 Å². The number of Topliss-reactive ketones (excluding diaryl/α,β-unsaturated/α-hetero) is 1. The number of carbonyl (C=O) groups excluding carboxylic acids is 1. The van der Waals surface area contributed by atoms with Gasteiger partial charge in [-0.3, -0.25) is 4.79 Å². The normalized spacial score (nSPS) is 14.4. The fraction of sp³-hybridized carbons (Fsp3) is 0.111.